The van der Waals surface area contributed by atoms with E-state index in [0.717, 1.165) is 26.2 Å². The van der Waals surface area contributed by atoms with Crippen LogP contribution in [0.1, 0.15) is 42.0 Å². The van der Waals surface area contributed by atoms with Gasteiger partial charge >= 0.3 is 60.4 Å². The summed E-state index contributed by atoms with van der Waals surface area (Å²) in [6.45, 7) is 12.8. The summed E-state index contributed by atoms with van der Waals surface area (Å²) in [5.74, 6) is 0.120. The monoisotopic (exact) mass is 621 g/mol. The van der Waals surface area contributed by atoms with Crippen molar-refractivity contribution in [3.8, 4) is 0 Å². The number of nitrogens with one attached hydrogen (secondary N) is 3. The molecule has 2 aliphatic rings. The molecule has 2 aromatic rings. The van der Waals surface area contributed by atoms with Crippen molar-refractivity contribution >= 4 is 44.6 Å². The number of H-pyrrole nitrogens is 2. The molecule has 241 valence electrons. The Morgan fingerprint density at radius 2 is 1.34 bits per heavy atom. The van der Waals surface area contributed by atoms with Crippen LogP contribution in [0.5, 0.6) is 0 Å². The number of anilines is 2. The molecule has 0 saturated carbocycles. The first kappa shape index (κ1) is 36.1. The molecule has 2 aliphatic heterocycles. The van der Waals surface area contributed by atoms with Crippen molar-refractivity contribution < 1.29 is 43.0 Å². The molecular weight excluding hydrogens is 582 g/mol. The van der Waals surface area contributed by atoms with Crippen molar-refractivity contribution in [3.05, 3.63) is 11.6 Å². The van der Waals surface area contributed by atoms with E-state index in [4.69, 9.17) is 4.74 Å². The molecule has 2 fully saturated rings. The van der Waals surface area contributed by atoms with E-state index in [0.29, 0.717) is 45.2 Å². The number of carbonyl (C=O) groups excluding carboxylic acids is 3. The van der Waals surface area contributed by atoms with E-state index in [2.05, 4.69) is 54.8 Å². The van der Waals surface area contributed by atoms with Crippen molar-refractivity contribution in [3.63, 3.8) is 0 Å². The summed E-state index contributed by atoms with van der Waals surface area (Å²) < 4.78 is 23.9. The Kier molecular flexibility index (Phi) is 15.2. The zero-order valence-electron chi connectivity index (χ0n) is 25.8. The average molecular weight is 621 g/mol. The minimum absolute atomic E-state index is 0.00958. The van der Waals surface area contributed by atoms with Gasteiger partial charge in [-0.2, -0.15) is 9.97 Å². The number of nitrogens with zero attached hydrogens (tertiary/aromatic N) is 7. The number of rotatable bonds is 8. The van der Waals surface area contributed by atoms with E-state index >= 15 is 0 Å². The number of carbonyl (C=O) groups is 3. The van der Waals surface area contributed by atoms with E-state index < -0.39 is 17.5 Å². The third kappa shape index (κ3) is 12.3. The number of piperazine rings is 2. The van der Waals surface area contributed by atoms with Gasteiger partial charge in [-0.15, -0.1) is 10.2 Å². The van der Waals surface area contributed by atoms with E-state index in [1.807, 2.05) is 30.6 Å². The Morgan fingerprint density at radius 1 is 0.841 bits per heavy atom. The molecule has 0 aromatic carbocycles. The molecule has 3 N–H and O–H groups in total. The summed E-state index contributed by atoms with van der Waals surface area (Å²) in [6, 6.07) is 0. The number of amides is 1. The SMILES string of the molecule is COC(=O)c1nc(N2CCN(C(=O)OC(C)(C)C)CC2)n[nH]1.COC(=O)c1nc(N2CCNCC2)n[nH]1.C[B]OOCB=O. The van der Waals surface area contributed by atoms with Crippen molar-refractivity contribution in [2.45, 2.75) is 33.2 Å². The summed E-state index contributed by atoms with van der Waals surface area (Å²) in [5.41, 5.74) is -0.507. The fourth-order valence-electron chi connectivity index (χ4n) is 3.58. The molecular formula is C23H39B2N10O9. The van der Waals surface area contributed by atoms with Crippen LogP contribution < -0.4 is 15.1 Å². The average Bonchev–Trinajstić information content (AvgIpc) is 3.72. The van der Waals surface area contributed by atoms with Gasteiger partial charge in [-0.05, 0) is 20.8 Å². The van der Waals surface area contributed by atoms with Crippen LogP contribution in [0.25, 0.3) is 0 Å². The number of ether oxygens (including phenoxy) is 3. The first-order chi connectivity index (χ1) is 21.0. The van der Waals surface area contributed by atoms with Crippen LogP contribution in [0, 0.1) is 0 Å². The maximum absolute atomic E-state index is 12.0. The van der Waals surface area contributed by atoms with Crippen molar-refractivity contribution in [1.82, 2.24) is 40.6 Å². The standard InChI is InChI=1S/C13H21N5O4.C8H13N5O2.C2H5B2O3/c1-13(2,3)22-12(20)18-7-5-17(6-8-18)11-14-9(15-16-11)10(19)21-4;1-15-7(14)6-10-8(12-11-6)13-4-2-9-3-5-13;1-3-7-6-2-4-5/h5-8H2,1-4H3,(H,14,15,16);9H,2-5H2,1H3,(H,10,11,12);2H2,1H3. The Morgan fingerprint density at radius 3 is 1.77 bits per heavy atom. The van der Waals surface area contributed by atoms with E-state index in [1.54, 1.807) is 11.7 Å². The van der Waals surface area contributed by atoms with E-state index in [1.165, 1.54) is 21.7 Å². The Hall–Kier alpha value is -4.10. The van der Waals surface area contributed by atoms with Gasteiger partial charge in [0.25, 0.3) is 0 Å². The molecule has 44 heavy (non-hydrogen) atoms. The normalized spacial score (nSPS) is 14.6. The van der Waals surface area contributed by atoms with Gasteiger partial charge in [-0.25, -0.2) is 14.4 Å². The number of esters is 2. The van der Waals surface area contributed by atoms with Crippen LogP contribution in [-0.4, -0.2) is 147 Å². The first-order valence-corrected chi connectivity index (χ1v) is 13.7. The summed E-state index contributed by atoms with van der Waals surface area (Å²) in [5, 5.41) is 16.3. The molecule has 0 atom stereocenters. The number of hydrogen-bond donors (Lipinski definition) is 3. The fourth-order valence-corrected chi connectivity index (χ4v) is 3.58. The van der Waals surface area contributed by atoms with Gasteiger partial charge in [-0.1, -0.05) is 0 Å². The molecule has 0 spiro atoms. The van der Waals surface area contributed by atoms with Gasteiger partial charge < -0.3 is 34.2 Å². The van der Waals surface area contributed by atoms with Gasteiger partial charge in [0.1, 0.15) is 5.60 Å². The number of aromatic nitrogens is 6. The molecule has 0 aliphatic carbocycles. The molecule has 21 heteroatoms. The fraction of sp³-hybridized carbons (Fsp3) is 0.696. The van der Waals surface area contributed by atoms with Crippen LogP contribution in [0.15, 0.2) is 0 Å². The van der Waals surface area contributed by atoms with Crippen LogP contribution in [0.4, 0.5) is 16.7 Å². The van der Waals surface area contributed by atoms with Gasteiger partial charge in [0.2, 0.25) is 23.5 Å². The molecule has 2 saturated heterocycles. The van der Waals surface area contributed by atoms with Crippen molar-refractivity contribution in [1.29, 1.82) is 0 Å². The Balaban J connectivity index is 0.000000264. The summed E-state index contributed by atoms with van der Waals surface area (Å²) in [6.07, 6.45) is -0.322. The number of hydrogen-bond acceptors (Lipinski definition) is 16. The maximum atomic E-state index is 12.0. The number of aromatic amines is 2. The zero-order valence-corrected chi connectivity index (χ0v) is 25.8. The van der Waals surface area contributed by atoms with Gasteiger partial charge in [0.15, 0.2) is 0 Å². The predicted molar refractivity (Wildman–Crippen MR) is 156 cm³/mol. The van der Waals surface area contributed by atoms with Crippen LogP contribution in [0.2, 0.25) is 6.82 Å². The van der Waals surface area contributed by atoms with Crippen molar-refractivity contribution in [2.75, 3.05) is 82.9 Å². The second kappa shape index (κ2) is 18.5. The summed E-state index contributed by atoms with van der Waals surface area (Å²) >= 11 is 0. The Bertz CT molecular complexity index is 1180. The molecule has 19 nitrogen and oxygen atoms in total. The number of methoxy groups -OCH3 is 2. The predicted octanol–water partition coefficient (Wildman–Crippen LogP) is -0.742. The quantitative estimate of drug-likeness (QED) is 0.0825. The van der Waals surface area contributed by atoms with Crippen molar-refractivity contribution in [2.24, 2.45) is 0 Å². The van der Waals surface area contributed by atoms with Crippen LogP contribution in [0.3, 0.4) is 0 Å². The molecule has 1 radical (unpaired) electrons. The van der Waals surface area contributed by atoms with E-state index in [-0.39, 0.29) is 24.2 Å². The van der Waals surface area contributed by atoms with Gasteiger partial charge in [-0.3, -0.25) is 10.2 Å². The molecule has 4 heterocycles. The Labute approximate surface area is 256 Å². The summed E-state index contributed by atoms with van der Waals surface area (Å²) in [4.78, 5) is 56.6. The molecule has 1 amide bonds. The van der Waals surface area contributed by atoms with Gasteiger partial charge in [0.05, 0.1) is 14.2 Å². The summed E-state index contributed by atoms with van der Waals surface area (Å²) in [7, 11) is 4.56. The van der Waals surface area contributed by atoms with Gasteiger partial charge in [0, 0.05) is 52.4 Å². The third-order valence-corrected chi connectivity index (χ3v) is 5.62. The molecule has 2 aromatic heterocycles. The molecule has 0 bridgehead atoms. The van der Waals surface area contributed by atoms with E-state index in [9.17, 15) is 19.1 Å². The second-order valence-corrected chi connectivity index (χ2v) is 9.93. The molecule has 0 unspecified atom stereocenters. The topological polar surface area (TPSA) is 219 Å². The minimum atomic E-state index is -0.564. The first-order valence-electron chi connectivity index (χ1n) is 13.7. The third-order valence-electron chi connectivity index (χ3n) is 5.62. The zero-order chi connectivity index (χ0) is 32.5. The van der Waals surface area contributed by atoms with Crippen LogP contribution >= 0.6 is 0 Å². The van der Waals surface area contributed by atoms with Crippen LogP contribution in [-0.2, 0) is 28.6 Å². The molecule has 4 rings (SSSR count). The second-order valence-electron chi connectivity index (χ2n) is 9.93.